The Morgan fingerprint density at radius 1 is 1.33 bits per heavy atom. The normalized spacial score (nSPS) is 19.2. The summed E-state index contributed by atoms with van der Waals surface area (Å²) >= 11 is 5.82. The zero-order valence-electron chi connectivity index (χ0n) is 11.1. The van der Waals surface area contributed by atoms with Crippen molar-refractivity contribution in [3.8, 4) is 0 Å². The number of benzene rings is 1. The molecule has 0 aromatic heterocycles. The predicted molar refractivity (Wildman–Crippen MR) is 80.4 cm³/mol. The third kappa shape index (κ3) is 4.85. The Morgan fingerprint density at radius 3 is 2.71 bits per heavy atom. The van der Waals surface area contributed by atoms with Gasteiger partial charge < -0.3 is 10.1 Å². The second-order valence-corrected chi connectivity index (χ2v) is 7.81. The standard InChI is InChI=1S/C13H15Cl2NO4S/c14-10-5-9(6-12(7-10)21(15,18)19)13(17)16-8-11-3-1-2-4-20-11/h5-7,11H,1-4,8H2,(H,16,17). The van der Waals surface area contributed by atoms with Gasteiger partial charge in [0.15, 0.2) is 0 Å². The number of amides is 1. The molecule has 0 spiro atoms. The molecule has 1 saturated heterocycles. The van der Waals surface area contributed by atoms with Crippen LogP contribution in [-0.4, -0.2) is 33.6 Å². The fourth-order valence-electron chi connectivity index (χ4n) is 2.11. The molecule has 1 unspecified atom stereocenters. The Kier molecular flexibility index (Phi) is 5.48. The molecule has 1 amide bonds. The van der Waals surface area contributed by atoms with Gasteiger partial charge in [0.05, 0.1) is 11.0 Å². The molecule has 1 fully saturated rings. The highest BCUT2D eigenvalue weighted by molar-refractivity contribution is 8.13. The van der Waals surface area contributed by atoms with E-state index in [0.717, 1.165) is 19.3 Å². The van der Waals surface area contributed by atoms with Gasteiger partial charge in [-0.3, -0.25) is 4.79 Å². The summed E-state index contributed by atoms with van der Waals surface area (Å²) in [5.41, 5.74) is 0.150. The highest BCUT2D eigenvalue weighted by atomic mass is 35.7. The lowest BCUT2D eigenvalue weighted by molar-refractivity contribution is 0.0169. The molecule has 1 aromatic rings. The smallest absolute Gasteiger partial charge is 0.261 e. The molecule has 0 aliphatic carbocycles. The Hall–Kier alpha value is -0.820. The van der Waals surface area contributed by atoms with Crippen LogP contribution in [0.3, 0.4) is 0 Å². The van der Waals surface area contributed by atoms with Crippen LogP contribution in [-0.2, 0) is 13.8 Å². The molecule has 1 aromatic carbocycles. The van der Waals surface area contributed by atoms with Gasteiger partial charge in [0.1, 0.15) is 0 Å². The first-order valence-electron chi connectivity index (χ1n) is 6.51. The Bertz CT molecular complexity index is 627. The second kappa shape index (κ2) is 6.96. The van der Waals surface area contributed by atoms with Crippen molar-refractivity contribution in [2.75, 3.05) is 13.2 Å². The third-order valence-corrected chi connectivity index (χ3v) is 4.73. The molecule has 1 aliphatic rings. The second-order valence-electron chi connectivity index (χ2n) is 4.81. The molecular weight excluding hydrogens is 337 g/mol. The third-order valence-electron chi connectivity index (χ3n) is 3.18. The maximum atomic E-state index is 12.1. The van der Waals surface area contributed by atoms with E-state index in [4.69, 9.17) is 27.0 Å². The van der Waals surface area contributed by atoms with Crippen LogP contribution in [0, 0.1) is 0 Å². The van der Waals surface area contributed by atoms with Gasteiger partial charge in [-0.1, -0.05) is 11.6 Å². The highest BCUT2D eigenvalue weighted by Crippen LogP contribution is 2.22. The lowest BCUT2D eigenvalue weighted by Crippen LogP contribution is -2.35. The van der Waals surface area contributed by atoms with Crippen LogP contribution >= 0.6 is 22.3 Å². The number of hydrogen-bond acceptors (Lipinski definition) is 4. The Labute approximate surface area is 133 Å². The highest BCUT2D eigenvalue weighted by Gasteiger charge is 2.18. The number of hydrogen-bond donors (Lipinski definition) is 1. The number of ether oxygens (including phenoxy) is 1. The average Bonchev–Trinajstić information content (AvgIpc) is 2.44. The van der Waals surface area contributed by atoms with Gasteiger partial charge in [-0.2, -0.15) is 0 Å². The maximum absolute atomic E-state index is 12.1. The van der Waals surface area contributed by atoms with E-state index in [-0.39, 0.29) is 21.6 Å². The van der Waals surface area contributed by atoms with Crippen LogP contribution in [0.25, 0.3) is 0 Å². The summed E-state index contributed by atoms with van der Waals surface area (Å²) in [5, 5.41) is 2.85. The van der Waals surface area contributed by atoms with E-state index >= 15 is 0 Å². The first-order chi connectivity index (χ1) is 9.86. The summed E-state index contributed by atoms with van der Waals surface area (Å²) in [7, 11) is 1.33. The molecular formula is C13H15Cl2NO4S. The largest absolute Gasteiger partial charge is 0.376 e. The molecule has 0 saturated carbocycles. The van der Waals surface area contributed by atoms with Crippen molar-refractivity contribution in [1.29, 1.82) is 0 Å². The first kappa shape index (κ1) is 16.5. The molecule has 1 aliphatic heterocycles. The molecule has 2 rings (SSSR count). The van der Waals surface area contributed by atoms with Crippen molar-refractivity contribution in [3.63, 3.8) is 0 Å². The predicted octanol–water partition coefficient (Wildman–Crippen LogP) is 2.57. The topological polar surface area (TPSA) is 72.5 Å². The van der Waals surface area contributed by atoms with E-state index in [0.29, 0.717) is 13.2 Å². The van der Waals surface area contributed by atoms with E-state index in [1.807, 2.05) is 0 Å². The van der Waals surface area contributed by atoms with Gasteiger partial charge in [0.2, 0.25) is 0 Å². The molecule has 0 radical (unpaired) electrons. The van der Waals surface area contributed by atoms with E-state index in [1.165, 1.54) is 18.2 Å². The summed E-state index contributed by atoms with van der Waals surface area (Å²) < 4.78 is 28.1. The summed E-state index contributed by atoms with van der Waals surface area (Å²) in [4.78, 5) is 11.9. The van der Waals surface area contributed by atoms with E-state index in [9.17, 15) is 13.2 Å². The van der Waals surface area contributed by atoms with E-state index in [1.54, 1.807) is 0 Å². The summed E-state index contributed by atoms with van der Waals surface area (Å²) in [6.45, 7) is 1.08. The van der Waals surface area contributed by atoms with Gasteiger partial charge in [0.25, 0.3) is 15.0 Å². The van der Waals surface area contributed by atoms with Crippen molar-refractivity contribution in [3.05, 3.63) is 28.8 Å². The summed E-state index contributed by atoms with van der Waals surface area (Å²) in [5.74, 6) is -0.409. The average molecular weight is 352 g/mol. The van der Waals surface area contributed by atoms with Crippen molar-refractivity contribution >= 4 is 37.2 Å². The molecule has 1 N–H and O–H groups in total. The molecule has 21 heavy (non-hydrogen) atoms. The number of carbonyl (C=O) groups is 1. The fraction of sp³-hybridized carbons (Fsp3) is 0.462. The number of carbonyl (C=O) groups excluding carboxylic acids is 1. The van der Waals surface area contributed by atoms with Crippen LogP contribution in [0.2, 0.25) is 5.02 Å². The van der Waals surface area contributed by atoms with Crippen molar-refractivity contribution in [1.82, 2.24) is 5.32 Å². The minimum atomic E-state index is -3.93. The zero-order chi connectivity index (χ0) is 15.5. The quantitative estimate of drug-likeness (QED) is 0.846. The van der Waals surface area contributed by atoms with Gasteiger partial charge in [-0.15, -0.1) is 0 Å². The van der Waals surface area contributed by atoms with Crippen molar-refractivity contribution in [2.45, 2.75) is 30.3 Å². The molecule has 5 nitrogen and oxygen atoms in total. The van der Waals surface area contributed by atoms with Crippen LogP contribution in [0.4, 0.5) is 0 Å². The molecule has 1 heterocycles. The van der Waals surface area contributed by atoms with Crippen LogP contribution in [0.5, 0.6) is 0 Å². The minimum Gasteiger partial charge on any atom is -0.376 e. The minimum absolute atomic E-state index is 0.00175. The number of halogens is 2. The van der Waals surface area contributed by atoms with Gasteiger partial charge >= 0.3 is 0 Å². The van der Waals surface area contributed by atoms with Crippen LogP contribution in [0.1, 0.15) is 29.6 Å². The maximum Gasteiger partial charge on any atom is 0.261 e. The lowest BCUT2D eigenvalue weighted by atomic mass is 10.1. The Balaban J connectivity index is 2.06. The number of nitrogens with one attached hydrogen (secondary N) is 1. The van der Waals surface area contributed by atoms with Crippen molar-refractivity contribution < 1.29 is 17.9 Å². The summed E-state index contributed by atoms with van der Waals surface area (Å²) in [6.07, 6.45) is 3.01. The van der Waals surface area contributed by atoms with Gasteiger partial charge in [0, 0.05) is 34.4 Å². The van der Waals surface area contributed by atoms with Crippen LogP contribution in [0.15, 0.2) is 23.1 Å². The fourth-order valence-corrected chi connectivity index (χ4v) is 3.21. The summed E-state index contributed by atoms with van der Waals surface area (Å²) in [6, 6.07) is 3.79. The van der Waals surface area contributed by atoms with E-state index in [2.05, 4.69) is 5.32 Å². The molecule has 8 heteroatoms. The zero-order valence-corrected chi connectivity index (χ0v) is 13.5. The molecule has 0 bridgehead atoms. The molecule has 116 valence electrons. The van der Waals surface area contributed by atoms with Gasteiger partial charge in [-0.25, -0.2) is 8.42 Å². The van der Waals surface area contributed by atoms with Crippen molar-refractivity contribution in [2.24, 2.45) is 0 Å². The monoisotopic (exact) mass is 351 g/mol. The SMILES string of the molecule is O=C(NCC1CCCCO1)c1cc(Cl)cc(S(=O)(=O)Cl)c1. The first-order valence-corrected chi connectivity index (χ1v) is 9.20. The van der Waals surface area contributed by atoms with E-state index < -0.39 is 15.0 Å². The number of rotatable bonds is 4. The van der Waals surface area contributed by atoms with Gasteiger partial charge in [-0.05, 0) is 37.5 Å². The molecule has 1 atom stereocenters. The lowest BCUT2D eigenvalue weighted by Gasteiger charge is -2.22. The Morgan fingerprint density at radius 2 is 2.10 bits per heavy atom. The van der Waals surface area contributed by atoms with Crippen LogP contribution < -0.4 is 5.32 Å².